The van der Waals surface area contributed by atoms with Gasteiger partial charge in [-0.05, 0) is 32.5 Å². The average molecular weight is 250 g/mol. The number of hydrogen-bond donors (Lipinski definition) is 2. The predicted octanol–water partition coefficient (Wildman–Crippen LogP) is 2.46. The van der Waals surface area contributed by atoms with E-state index in [1.54, 1.807) is 6.07 Å². The Hall–Kier alpha value is -1.06. The zero-order chi connectivity index (χ0) is 13.5. The summed E-state index contributed by atoms with van der Waals surface area (Å²) < 4.78 is 0. The van der Waals surface area contributed by atoms with Crippen molar-refractivity contribution in [1.29, 1.82) is 0 Å². The van der Waals surface area contributed by atoms with E-state index in [0.29, 0.717) is 17.7 Å². The molecule has 3 nitrogen and oxygen atoms in total. The van der Waals surface area contributed by atoms with Crippen molar-refractivity contribution in [2.75, 3.05) is 20.6 Å². The summed E-state index contributed by atoms with van der Waals surface area (Å²) in [4.78, 5) is 2.20. The maximum Gasteiger partial charge on any atom is 0.120 e. The molecule has 2 N–H and O–H groups in total. The van der Waals surface area contributed by atoms with Crippen LogP contribution in [0.1, 0.15) is 25.8 Å². The Labute approximate surface area is 111 Å². The highest BCUT2D eigenvalue weighted by molar-refractivity contribution is 5.31. The topological polar surface area (TPSA) is 35.5 Å². The molecule has 3 heteroatoms. The second-order valence-corrected chi connectivity index (χ2v) is 5.60. The molecule has 0 aromatic heterocycles. The van der Waals surface area contributed by atoms with Gasteiger partial charge < -0.3 is 15.3 Å². The predicted molar refractivity (Wildman–Crippen MR) is 76.7 cm³/mol. The molecule has 0 spiro atoms. The Kier molecular flexibility index (Phi) is 6.16. The van der Waals surface area contributed by atoms with Crippen molar-refractivity contribution in [3.05, 3.63) is 29.8 Å². The van der Waals surface area contributed by atoms with Crippen LogP contribution in [0, 0.1) is 5.92 Å². The van der Waals surface area contributed by atoms with Gasteiger partial charge in [0.25, 0.3) is 0 Å². The summed E-state index contributed by atoms with van der Waals surface area (Å²) in [6, 6.07) is 7.97. The minimum Gasteiger partial charge on any atom is -0.508 e. The first-order chi connectivity index (χ1) is 8.49. The fourth-order valence-corrected chi connectivity index (χ4v) is 2.15. The molecule has 0 radical (unpaired) electrons. The van der Waals surface area contributed by atoms with Gasteiger partial charge in [0.05, 0.1) is 0 Å². The molecule has 0 aliphatic carbocycles. The molecule has 102 valence electrons. The van der Waals surface area contributed by atoms with Crippen molar-refractivity contribution in [2.45, 2.75) is 32.9 Å². The fourth-order valence-electron chi connectivity index (χ4n) is 2.15. The summed E-state index contributed by atoms with van der Waals surface area (Å²) in [6.45, 7) is 6.22. The van der Waals surface area contributed by atoms with Crippen molar-refractivity contribution in [3.63, 3.8) is 0 Å². The number of likely N-dealkylation sites (N-methyl/N-ethyl adjacent to an activating group) is 1. The van der Waals surface area contributed by atoms with E-state index in [4.69, 9.17) is 0 Å². The summed E-state index contributed by atoms with van der Waals surface area (Å²) in [5.41, 5.74) is 0.963. The molecule has 0 saturated heterocycles. The molecular weight excluding hydrogens is 224 g/mol. The molecule has 0 heterocycles. The molecule has 1 aromatic carbocycles. The van der Waals surface area contributed by atoms with E-state index in [2.05, 4.69) is 38.2 Å². The Morgan fingerprint density at radius 1 is 1.22 bits per heavy atom. The number of rotatable bonds is 7. The number of phenolic OH excluding ortho intramolecular Hbond substituents is 1. The summed E-state index contributed by atoms with van der Waals surface area (Å²) >= 11 is 0. The number of hydrogen-bond acceptors (Lipinski definition) is 3. The van der Waals surface area contributed by atoms with Gasteiger partial charge in [-0.1, -0.05) is 32.0 Å². The van der Waals surface area contributed by atoms with Crippen LogP contribution in [0.15, 0.2) is 24.3 Å². The first kappa shape index (κ1) is 15.0. The molecule has 1 atom stereocenters. The van der Waals surface area contributed by atoms with Crippen LogP contribution in [-0.4, -0.2) is 36.7 Å². The highest BCUT2D eigenvalue weighted by Gasteiger charge is 2.12. The zero-order valence-electron chi connectivity index (χ0n) is 12.0. The number of nitrogens with zero attached hydrogens (tertiary/aromatic N) is 1. The maximum absolute atomic E-state index is 9.74. The van der Waals surface area contributed by atoms with Crippen molar-refractivity contribution in [2.24, 2.45) is 5.92 Å². The highest BCUT2D eigenvalue weighted by Crippen LogP contribution is 2.16. The third-order valence-electron chi connectivity index (χ3n) is 2.91. The van der Waals surface area contributed by atoms with Crippen LogP contribution in [-0.2, 0) is 6.54 Å². The van der Waals surface area contributed by atoms with E-state index in [1.807, 2.05) is 18.2 Å². The average Bonchev–Trinajstić information content (AvgIpc) is 2.26. The summed E-state index contributed by atoms with van der Waals surface area (Å²) in [7, 11) is 4.18. The van der Waals surface area contributed by atoms with Gasteiger partial charge in [-0.3, -0.25) is 0 Å². The van der Waals surface area contributed by atoms with E-state index >= 15 is 0 Å². The van der Waals surface area contributed by atoms with Crippen molar-refractivity contribution < 1.29 is 5.11 Å². The fraction of sp³-hybridized carbons (Fsp3) is 0.600. The monoisotopic (exact) mass is 250 g/mol. The van der Waals surface area contributed by atoms with E-state index in [0.717, 1.165) is 25.1 Å². The second kappa shape index (κ2) is 7.39. The largest absolute Gasteiger partial charge is 0.508 e. The molecule has 0 bridgehead atoms. The lowest BCUT2D eigenvalue weighted by Crippen LogP contribution is -2.38. The van der Waals surface area contributed by atoms with Crippen LogP contribution >= 0.6 is 0 Å². The summed E-state index contributed by atoms with van der Waals surface area (Å²) in [6.07, 6.45) is 1.14. The standard InChI is InChI=1S/C15H26N2O/c1-12(2)9-14(11-17(3)4)16-10-13-7-5-6-8-15(13)18/h5-8,12,14,16,18H,9-11H2,1-4H3. The molecule has 0 aliphatic rings. The Morgan fingerprint density at radius 3 is 2.44 bits per heavy atom. The van der Waals surface area contributed by atoms with E-state index in [-0.39, 0.29) is 0 Å². The molecule has 1 aromatic rings. The third kappa shape index (κ3) is 5.52. The maximum atomic E-state index is 9.74. The van der Waals surface area contributed by atoms with Crippen molar-refractivity contribution in [3.8, 4) is 5.75 Å². The number of benzene rings is 1. The minimum absolute atomic E-state index is 0.373. The van der Waals surface area contributed by atoms with Gasteiger partial charge in [0.2, 0.25) is 0 Å². The van der Waals surface area contributed by atoms with Gasteiger partial charge in [-0.15, -0.1) is 0 Å². The van der Waals surface area contributed by atoms with Crippen LogP contribution in [0.5, 0.6) is 5.75 Å². The van der Waals surface area contributed by atoms with Crippen LogP contribution in [0.2, 0.25) is 0 Å². The lowest BCUT2D eigenvalue weighted by atomic mass is 10.0. The number of aromatic hydroxyl groups is 1. The van der Waals surface area contributed by atoms with Crippen LogP contribution in [0.3, 0.4) is 0 Å². The van der Waals surface area contributed by atoms with E-state index < -0.39 is 0 Å². The van der Waals surface area contributed by atoms with E-state index in [1.165, 1.54) is 0 Å². The molecule has 0 fully saturated rings. The third-order valence-corrected chi connectivity index (χ3v) is 2.91. The molecule has 18 heavy (non-hydrogen) atoms. The van der Waals surface area contributed by atoms with Gasteiger partial charge >= 0.3 is 0 Å². The van der Waals surface area contributed by atoms with Gasteiger partial charge in [-0.25, -0.2) is 0 Å². The molecule has 1 rings (SSSR count). The molecule has 0 saturated carbocycles. The van der Waals surface area contributed by atoms with Crippen LogP contribution in [0.25, 0.3) is 0 Å². The molecule has 1 unspecified atom stereocenters. The SMILES string of the molecule is CC(C)CC(CN(C)C)NCc1ccccc1O. The lowest BCUT2D eigenvalue weighted by Gasteiger charge is -2.24. The zero-order valence-corrected chi connectivity index (χ0v) is 12.0. The second-order valence-electron chi connectivity index (χ2n) is 5.60. The van der Waals surface area contributed by atoms with Gasteiger partial charge in [0.15, 0.2) is 0 Å². The first-order valence-corrected chi connectivity index (χ1v) is 6.64. The Bertz CT molecular complexity index is 340. The van der Waals surface area contributed by atoms with Gasteiger partial charge in [0, 0.05) is 24.7 Å². The normalized spacial score (nSPS) is 13.2. The molecular formula is C15H26N2O. The van der Waals surface area contributed by atoms with Crippen LogP contribution in [0.4, 0.5) is 0 Å². The summed E-state index contributed by atoms with van der Waals surface area (Å²) in [5, 5.41) is 13.3. The van der Waals surface area contributed by atoms with Crippen LogP contribution < -0.4 is 5.32 Å². The molecule has 0 amide bonds. The Balaban J connectivity index is 2.53. The van der Waals surface area contributed by atoms with Crippen molar-refractivity contribution >= 4 is 0 Å². The quantitative estimate of drug-likeness (QED) is 0.780. The van der Waals surface area contributed by atoms with Gasteiger partial charge in [-0.2, -0.15) is 0 Å². The molecule has 0 aliphatic heterocycles. The summed E-state index contributed by atoms with van der Waals surface area (Å²) in [5.74, 6) is 1.05. The van der Waals surface area contributed by atoms with Gasteiger partial charge in [0.1, 0.15) is 5.75 Å². The Morgan fingerprint density at radius 2 is 1.89 bits per heavy atom. The smallest absolute Gasteiger partial charge is 0.120 e. The number of nitrogens with one attached hydrogen (secondary N) is 1. The minimum atomic E-state index is 0.373. The van der Waals surface area contributed by atoms with Crippen molar-refractivity contribution in [1.82, 2.24) is 10.2 Å². The highest BCUT2D eigenvalue weighted by atomic mass is 16.3. The van der Waals surface area contributed by atoms with E-state index in [9.17, 15) is 5.11 Å². The lowest BCUT2D eigenvalue weighted by molar-refractivity contribution is 0.304. The first-order valence-electron chi connectivity index (χ1n) is 6.64. The number of phenols is 1. The number of para-hydroxylation sites is 1.